The molecule has 34 heavy (non-hydrogen) atoms. The quantitative estimate of drug-likeness (QED) is 0.575. The number of benzene rings is 1. The molecule has 0 bridgehead atoms. The van der Waals surface area contributed by atoms with E-state index >= 15 is 0 Å². The molecule has 8 nitrogen and oxygen atoms in total. The standard InChI is InChI=1S/C24H27ClFN7O/c1-15(19-5-4-18(25)9-20(19)26)33-24-23(21(10-27)30-33)28-11-22(29-24)32-13-17(14-32)16-3-2-6-31(12-16)7-8-34/h4-5,9,11,15-17,34H,2-3,6-8,12-14H2,1H3/t15?,16-/m0/s1. The highest BCUT2D eigenvalue weighted by Crippen LogP contribution is 2.34. The van der Waals surface area contributed by atoms with Gasteiger partial charge >= 0.3 is 0 Å². The molecule has 0 radical (unpaired) electrons. The van der Waals surface area contributed by atoms with Crippen LogP contribution in [0.15, 0.2) is 24.4 Å². The van der Waals surface area contributed by atoms with Gasteiger partial charge < -0.3 is 14.9 Å². The fraction of sp³-hybridized carbons (Fsp3) is 0.500. The van der Waals surface area contributed by atoms with Crippen molar-refractivity contribution in [3.8, 4) is 6.07 Å². The van der Waals surface area contributed by atoms with E-state index in [1.54, 1.807) is 23.0 Å². The van der Waals surface area contributed by atoms with Crippen LogP contribution in [0.25, 0.3) is 11.2 Å². The summed E-state index contributed by atoms with van der Waals surface area (Å²) in [4.78, 5) is 13.8. The maximum atomic E-state index is 14.6. The molecule has 5 rings (SSSR count). The summed E-state index contributed by atoms with van der Waals surface area (Å²) in [5.41, 5.74) is 1.46. The fourth-order valence-corrected chi connectivity index (χ4v) is 5.35. The molecular formula is C24H27ClFN7O. The second kappa shape index (κ2) is 9.45. The van der Waals surface area contributed by atoms with Gasteiger partial charge in [-0.05, 0) is 50.3 Å². The first-order valence-electron chi connectivity index (χ1n) is 11.7. The minimum Gasteiger partial charge on any atom is -0.395 e. The smallest absolute Gasteiger partial charge is 0.190 e. The van der Waals surface area contributed by atoms with Gasteiger partial charge in [-0.1, -0.05) is 17.7 Å². The first-order valence-corrected chi connectivity index (χ1v) is 12.0. The number of fused-ring (bicyclic) bond motifs is 1. The lowest BCUT2D eigenvalue weighted by molar-refractivity contribution is 0.101. The van der Waals surface area contributed by atoms with E-state index in [1.165, 1.54) is 18.9 Å². The summed E-state index contributed by atoms with van der Waals surface area (Å²) >= 11 is 5.91. The van der Waals surface area contributed by atoms with Gasteiger partial charge in [-0.15, -0.1) is 0 Å². The van der Waals surface area contributed by atoms with E-state index in [-0.39, 0.29) is 12.3 Å². The Morgan fingerprint density at radius 1 is 1.29 bits per heavy atom. The van der Waals surface area contributed by atoms with Crippen molar-refractivity contribution in [2.45, 2.75) is 25.8 Å². The molecule has 0 saturated carbocycles. The van der Waals surface area contributed by atoms with Crippen LogP contribution in [0.1, 0.15) is 37.1 Å². The zero-order valence-electron chi connectivity index (χ0n) is 19.0. The second-order valence-corrected chi connectivity index (χ2v) is 9.68. The number of aliphatic hydroxyl groups excluding tert-OH is 1. The molecule has 10 heteroatoms. The Balaban J connectivity index is 1.38. The van der Waals surface area contributed by atoms with Crippen LogP contribution in [-0.2, 0) is 0 Å². The van der Waals surface area contributed by atoms with Crippen LogP contribution in [-0.4, -0.2) is 69.1 Å². The van der Waals surface area contributed by atoms with E-state index in [9.17, 15) is 14.8 Å². The number of aliphatic hydroxyl groups is 1. The van der Waals surface area contributed by atoms with Gasteiger partial charge in [0.15, 0.2) is 11.3 Å². The first-order chi connectivity index (χ1) is 16.5. The van der Waals surface area contributed by atoms with E-state index in [0.29, 0.717) is 33.6 Å². The molecule has 2 atom stereocenters. The van der Waals surface area contributed by atoms with Crippen LogP contribution < -0.4 is 4.90 Å². The Kier molecular flexibility index (Phi) is 6.38. The van der Waals surface area contributed by atoms with Crippen LogP contribution in [0.3, 0.4) is 0 Å². The number of rotatable bonds is 6. The van der Waals surface area contributed by atoms with Crippen molar-refractivity contribution < 1.29 is 9.50 Å². The summed E-state index contributed by atoms with van der Waals surface area (Å²) < 4.78 is 16.2. The number of β-amino-alcohol motifs (C(OH)–C–C–N with tert-alkyl or cyclic N) is 1. The number of halogens is 2. The average Bonchev–Trinajstić information content (AvgIpc) is 3.16. The number of aromatic nitrogens is 4. The van der Waals surface area contributed by atoms with Gasteiger partial charge in [0.1, 0.15) is 23.2 Å². The van der Waals surface area contributed by atoms with E-state index in [2.05, 4.69) is 26.0 Å². The minimum atomic E-state index is -0.490. The molecule has 2 saturated heterocycles. The Morgan fingerprint density at radius 2 is 2.12 bits per heavy atom. The average molecular weight is 484 g/mol. The maximum absolute atomic E-state index is 14.6. The number of nitrogens with zero attached hydrogens (tertiary/aromatic N) is 7. The summed E-state index contributed by atoms with van der Waals surface area (Å²) in [5, 5.41) is 23.5. The van der Waals surface area contributed by atoms with Crippen molar-refractivity contribution in [3.63, 3.8) is 0 Å². The molecule has 0 spiro atoms. The summed E-state index contributed by atoms with van der Waals surface area (Å²) in [6, 6.07) is 6.12. The predicted molar refractivity (Wildman–Crippen MR) is 127 cm³/mol. The lowest BCUT2D eigenvalue weighted by Gasteiger charge is -2.47. The summed E-state index contributed by atoms with van der Waals surface area (Å²) in [6.07, 6.45) is 4.08. The minimum absolute atomic E-state index is 0.169. The van der Waals surface area contributed by atoms with E-state index < -0.39 is 11.9 Å². The third-order valence-electron chi connectivity index (χ3n) is 7.13. The van der Waals surface area contributed by atoms with Crippen molar-refractivity contribution >= 4 is 28.6 Å². The molecule has 2 aliphatic heterocycles. The maximum Gasteiger partial charge on any atom is 0.190 e. The van der Waals surface area contributed by atoms with Crippen molar-refractivity contribution in [1.82, 2.24) is 24.6 Å². The van der Waals surface area contributed by atoms with Crippen molar-refractivity contribution in [2.24, 2.45) is 11.8 Å². The number of nitriles is 1. The number of hydrogen-bond acceptors (Lipinski definition) is 7. The lowest BCUT2D eigenvalue weighted by Crippen LogP contribution is -2.54. The van der Waals surface area contributed by atoms with Crippen LogP contribution in [0.2, 0.25) is 5.02 Å². The lowest BCUT2D eigenvalue weighted by atomic mass is 9.80. The van der Waals surface area contributed by atoms with Crippen LogP contribution >= 0.6 is 11.6 Å². The molecule has 0 aliphatic carbocycles. The molecule has 0 amide bonds. The van der Waals surface area contributed by atoms with Gasteiger partial charge in [0.25, 0.3) is 0 Å². The molecule has 3 aromatic rings. The van der Waals surface area contributed by atoms with Crippen LogP contribution in [0, 0.1) is 29.0 Å². The van der Waals surface area contributed by atoms with Gasteiger partial charge in [0.05, 0.1) is 18.8 Å². The van der Waals surface area contributed by atoms with Gasteiger partial charge in [0.2, 0.25) is 0 Å². The Morgan fingerprint density at radius 3 is 2.85 bits per heavy atom. The molecule has 4 heterocycles. The highest BCUT2D eigenvalue weighted by molar-refractivity contribution is 6.30. The zero-order chi connectivity index (χ0) is 23.8. The summed E-state index contributed by atoms with van der Waals surface area (Å²) in [7, 11) is 0. The topological polar surface area (TPSA) is 94.1 Å². The number of piperidine rings is 1. The normalized spacial score (nSPS) is 20.3. The number of likely N-dealkylation sites (tertiary alicyclic amines) is 1. The van der Waals surface area contributed by atoms with Crippen molar-refractivity contribution in [3.05, 3.63) is 46.5 Å². The molecule has 1 aromatic carbocycles. The second-order valence-electron chi connectivity index (χ2n) is 9.24. The van der Waals surface area contributed by atoms with Gasteiger partial charge in [-0.3, -0.25) is 0 Å². The first kappa shape index (κ1) is 23.0. The predicted octanol–water partition coefficient (Wildman–Crippen LogP) is 3.24. The zero-order valence-corrected chi connectivity index (χ0v) is 19.8. The number of hydrogen-bond donors (Lipinski definition) is 1. The van der Waals surface area contributed by atoms with Crippen molar-refractivity contribution in [1.29, 1.82) is 5.26 Å². The van der Waals surface area contributed by atoms with E-state index in [4.69, 9.17) is 16.6 Å². The Bertz CT molecular complexity index is 1230. The van der Waals surface area contributed by atoms with Gasteiger partial charge in [-0.25, -0.2) is 19.0 Å². The third-order valence-corrected chi connectivity index (χ3v) is 7.37. The Hall–Kier alpha value is -2.80. The molecule has 178 valence electrons. The van der Waals surface area contributed by atoms with Crippen LogP contribution in [0.5, 0.6) is 0 Å². The van der Waals surface area contributed by atoms with Crippen molar-refractivity contribution in [2.75, 3.05) is 44.2 Å². The Labute approximate surface area is 202 Å². The largest absolute Gasteiger partial charge is 0.395 e. The highest BCUT2D eigenvalue weighted by atomic mass is 35.5. The molecular weight excluding hydrogens is 457 g/mol. The summed E-state index contributed by atoms with van der Waals surface area (Å²) in [5.74, 6) is 1.51. The third kappa shape index (κ3) is 4.22. The summed E-state index contributed by atoms with van der Waals surface area (Å²) in [6.45, 7) is 6.66. The molecule has 2 aliphatic rings. The van der Waals surface area contributed by atoms with Gasteiger partial charge in [-0.2, -0.15) is 10.4 Å². The monoisotopic (exact) mass is 483 g/mol. The molecule has 1 unspecified atom stereocenters. The molecule has 1 N–H and O–H groups in total. The molecule has 2 fully saturated rings. The van der Waals surface area contributed by atoms with Crippen LogP contribution in [0.4, 0.5) is 10.2 Å². The number of anilines is 1. The van der Waals surface area contributed by atoms with E-state index in [0.717, 1.165) is 38.5 Å². The highest BCUT2D eigenvalue weighted by Gasteiger charge is 2.36. The van der Waals surface area contributed by atoms with E-state index in [1.807, 2.05) is 6.92 Å². The SMILES string of the molecule is CC(c1ccc(Cl)cc1F)n1nc(C#N)c2ncc(N3CC([C@H]4CCCN(CCO)C4)C3)nc21. The fourth-order valence-electron chi connectivity index (χ4n) is 5.19. The molecule has 2 aromatic heterocycles. The van der Waals surface area contributed by atoms with Gasteiger partial charge in [0, 0.05) is 36.8 Å².